The van der Waals surface area contributed by atoms with Crippen LogP contribution >= 0.6 is 0 Å². The molecule has 3 rings (SSSR count). The van der Waals surface area contributed by atoms with Gasteiger partial charge in [0.2, 0.25) is 0 Å². The number of rotatable bonds is 5. The molecule has 0 fully saturated rings. The lowest BCUT2D eigenvalue weighted by Crippen LogP contribution is -1.90. The molecule has 0 unspecified atom stereocenters. The molecule has 0 bridgehead atoms. The van der Waals surface area contributed by atoms with Crippen LogP contribution in [0.15, 0.2) is 65.7 Å². The third-order valence-corrected chi connectivity index (χ3v) is 3.89. The lowest BCUT2D eigenvalue weighted by Gasteiger charge is -2.05. The maximum Gasteiger partial charge on any atom is 0.166 e. The molecule has 0 aliphatic rings. The summed E-state index contributed by atoms with van der Waals surface area (Å²) < 4.78 is 33.6. The van der Waals surface area contributed by atoms with E-state index in [0.717, 1.165) is 5.56 Å². The lowest BCUT2D eigenvalue weighted by molar-refractivity contribution is 0.373. The van der Waals surface area contributed by atoms with Crippen LogP contribution in [0.2, 0.25) is 0 Å². The van der Waals surface area contributed by atoms with Crippen molar-refractivity contribution < 1.29 is 18.6 Å². The average Bonchev–Trinajstić information content (AvgIpc) is 2.67. The van der Waals surface area contributed by atoms with E-state index in [-0.39, 0.29) is 11.5 Å². The predicted octanol–water partition coefficient (Wildman–Crippen LogP) is 5.60. The minimum atomic E-state index is -0.790. The van der Waals surface area contributed by atoms with E-state index in [9.17, 15) is 13.9 Å². The molecular weight excluding hydrogens is 348 g/mol. The van der Waals surface area contributed by atoms with Crippen LogP contribution in [0.1, 0.15) is 16.7 Å². The summed E-state index contributed by atoms with van der Waals surface area (Å²) in [4.78, 5) is 3.86. The molecule has 0 heterocycles. The average molecular weight is 365 g/mol. The summed E-state index contributed by atoms with van der Waals surface area (Å²) in [5.74, 6) is -1.48. The maximum atomic E-state index is 14.3. The Morgan fingerprint density at radius 3 is 2.22 bits per heavy atom. The van der Waals surface area contributed by atoms with Gasteiger partial charge in [-0.25, -0.2) is 13.8 Å². The Kier molecular flexibility index (Phi) is 5.61. The fourth-order valence-electron chi connectivity index (χ4n) is 2.50. The first kappa shape index (κ1) is 18.3. The Morgan fingerprint density at radius 1 is 0.889 bits per heavy atom. The molecule has 0 radical (unpaired) electrons. The van der Waals surface area contributed by atoms with Gasteiger partial charge in [0.15, 0.2) is 23.1 Å². The van der Waals surface area contributed by atoms with Crippen molar-refractivity contribution in [2.24, 2.45) is 4.99 Å². The van der Waals surface area contributed by atoms with Crippen LogP contribution in [0.25, 0.3) is 12.2 Å². The number of phenolic OH excluding ortho intramolecular Hbond substituents is 1. The zero-order valence-electron chi connectivity index (χ0n) is 14.6. The molecular formula is C22H17F2NO2. The summed E-state index contributed by atoms with van der Waals surface area (Å²) in [5.41, 5.74) is 1.18. The van der Waals surface area contributed by atoms with Crippen LogP contribution in [0.4, 0.5) is 14.5 Å². The number of halogens is 2. The number of hydrogen-bond acceptors (Lipinski definition) is 3. The molecule has 27 heavy (non-hydrogen) atoms. The number of hydrogen-bond donors (Lipinski definition) is 1. The second-order valence-electron chi connectivity index (χ2n) is 5.73. The Hall–Kier alpha value is -3.47. The third-order valence-electron chi connectivity index (χ3n) is 3.89. The van der Waals surface area contributed by atoms with Crippen molar-refractivity contribution in [3.8, 4) is 11.5 Å². The third kappa shape index (κ3) is 4.39. The van der Waals surface area contributed by atoms with Crippen LogP contribution in [0.5, 0.6) is 11.5 Å². The van der Waals surface area contributed by atoms with Gasteiger partial charge in [-0.05, 0) is 35.4 Å². The number of aliphatic imine (C=N–C) groups is 1. The highest BCUT2D eigenvalue weighted by atomic mass is 19.1. The van der Waals surface area contributed by atoms with Gasteiger partial charge in [0, 0.05) is 11.8 Å². The van der Waals surface area contributed by atoms with E-state index in [4.69, 9.17) is 4.74 Å². The van der Waals surface area contributed by atoms with Crippen molar-refractivity contribution in [2.75, 3.05) is 7.11 Å². The Morgan fingerprint density at radius 2 is 1.56 bits per heavy atom. The number of phenols is 1. The molecule has 0 atom stereocenters. The molecule has 5 heteroatoms. The summed E-state index contributed by atoms with van der Waals surface area (Å²) in [6.07, 6.45) is 4.59. The first-order valence-corrected chi connectivity index (χ1v) is 8.20. The molecule has 0 aliphatic heterocycles. The van der Waals surface area contributed by atoms with Crippen LogP contribution in [-0.4, -0.2) is 18.4 Å². The quantitative estimate of drug-likeness (QED) is 0.472. The molecule has 0 aliphatic carbocycles. The molecule has 0 aromatic heterocycles. The van der Waals surface area contributed by atoms with Crippen molar-refractivity contribution in [3.05, 3.63) is 89.0 Å². The SMILES string of the molecule is COc1cccc(C=Nc2c(F)cc(C=Cc3ccccc3)cc2F)c1O. The summed E-state index contributed by atoms with van der Waals surface area (Å²) in [6.45, 7) is 0. The Bertz CT molecular complexity index is 975. The van der Waals surface area contributed by atoms with Gasteiger partial charge < -0.3 is 9.84 Å². The summed E-state index contributed by atoms with van der Waals surface area (Å²) in [7, 11) is 1.41. The van der Waals surface area contributed by atoms with E-state index in [2.05, 4.69) is 4.99 Å². The number of aromatic hydroxyl groups is 1. The Balaban J connectivity index is 1.86. The Labute approximate surface area is 155 Å². The van der Waals surface area contributed by atoms with Crippen molar-refractivity contribution in [1.82, 2.24) is 0 Å². The highest BCUT2D eigenvalue weighted by Crippen LogP contribution is 2.30. The lowest BCUT2D eigenvalue weighted by atomic mass is 10.1. The van der Waals surface area contributed by atoms with Gasteiger partial charge >= 0.3 is 0 Å². The fraction of sp³-hybridized carbons (Fsp3) is 0.0455. The van der Waals surface area contributed by atoms with Gasteiger partial charge in [0.25, 0.3) is 0 Å². The molecule has 3 nitrogen and oxygen atoms in total. The fourth-order valence-corrected chi connectivity index (χ4v) is 2.50. The van der Waals surface area contributed by atoms with E-state index in [1.807, 2.05) is 30.3 Å². The minimum Gasteiger partial charge on any atom is -0.504 e. The molecule has 1 N–H and O–H groups in total. The second-order valence-corrected chi connectivity index (χ2v) is 5.73. The normalized spacial score (nSPS) is 11.4. The largest absolute Gasteiger partial charge is 0.504 e. The smallest absolute Gasteiger partial charge is 0.166 e. The standard InChI is InChI=1S/C22H17F2NO2/c1-27-20-9-5-8-17(22(20)26)14-25-21-18(23)12-16(13-19(21)24)11-10-15-6-3-2-4-7-15/h2-14,26H,1H3. The van der Waals surface area contributed by atoms with Crippen LogP contribution in [0, 0.1) is 11.6 Å². The second kappa shape index (κ2) is 8.27. The van der Waals surface area contributed by atoms with Gasteiger partial charge in [-0.2, -0.15) is 0 Å². The molecule has 0 saturated heterocycles. The van der Waals surface area contributed by atoms with Gasteiger partial charge in [-0.3, -0.25) is 0 Å². The van der Waals surface area contributed by atoms with Crippen molar-refractivity contribution in [1.29, 1.82) is 0 Å². The number of methoxy groups -OCH3 is 1. The van der Waals surface area contributed by atoms with Gasteiger partial charge in [0.1, 0.15) is 5.69 Å². The number of benzene rings is 3. The molecule has 0 amide bonds. The van der Waals surface area contributed by atoms with Gasteiger partial charge in [-0.15, -0.1) is 0 Å². The first-order valence-electron chi connectivity index (χ1n) is 8.20. The van der Waals surface area contributed by atoms with Crippen LogP contribution in [-0.2, 0) is 0 Å². The van der Waals surface area contributed by atoms with E-state index < -0.39 is 17.3 Å². The summed E-state index contributed by atoms with van der Waals surface area (Å²) in [6, 6.07) is 16.6. The first-order chi connectivity index (χ1) is 13.1. The van der Waals surface area contributed by atoms with E-state index in [0.29, 0.717) is 11.1 Å². The molecule has 0 spiro atoms. The van der Waals surface area contributed by atoms with Crippen molar-refractivity contribution in [3.63, 3.8) is 0 Å². The predicted molar refractivity (Wildman–Crippen MR) is 104 cm³/mol. The van der Waals surface area contributed by atoms with E-state index >= 15 is 0 Å². The highest BCUT2D eigenvalue weighted by Gasteiger charge is 2.10. The zero-order chi connectivity index (χ0) is 19.2. The number of ether oxygens (including phenoxy) is 1. The highest BCUT2D eigenvalue weighted by molar-refractivity contribution is 5.86. The molecule has 3 aromatic carbocycles. The maximum absolute atomic E-state index is 14.3. The van der Waals surface area contributed by atoms with Gasteiger partial charge in [0.05, 0.1) is 7.11 Å². The monoisotopic (exact) mass is 365 g/mol. The van der Waals surface area contributed by atoms with Gasteiger partial charge in [-0.1, -0.05) is 48.6 Å². The van der Waals surface area contributed by atoms with Crippen LogP contribution < -0.4 is 4.74 Å². The minimum absolute atomic E-state index is 0.146. The number of para-hydroxylation sites is 1. The summed E-state index contributed by atoms with van der Waals surface area (Å²) >= 11 is 0. The molecule has 0 saturated carbocycles. The van der Waals surface area contributed by atoms with E-state index in [1.54, 1.807) is 30.4 Å². The topological polar surface area (TPSA) is 41.8 Å². The van der Waals surface area contributed by atoms with Crippen molar-refractivity contribution >= 4 is 24.1 Å². The molecule has 3 aromatic rings. The zero-order valence-corrected chi connectivity index (χ0v) is 14.6. The number of nitrogens with zero attached hydrogens (tertiary/aromatic N) is 1. The molecule has 136 valence electrons. The summed E-state index contributed by atoms with van der Waals surface area (Å²) in [5, 5.41) is 10.0. The van der Waals surface area contributed by atoms with Crippen molar-refractivity contribution in [2.45, 2.75) is 0 Å². The van der Waals surface area contributed by atoms with Crippen LogP contribution in [0.3, 0.4) is 0 Å². The van der Waals surface area contributed by atoms with E-state index in [1.165, 1.54) is 25.5 Å².